The Morgan fingerprint density at radius 1 is 1.21 bits per heavy atom. The van der Waals surface area contributed by atoms with E-state index in [4.69, 9.17) is 15.5 Å². The second kappa shape index (κ2) is 7.40. The molecule has 1 aromatic carbocycles. The maximum Gasteiger partial charge on any atom is 0.206 e. The summed E-state index contributed by atoms with van der Waals surface area (Å²) in [5, 5.41) is 0. The van der Waals surface area contributed by atoms with Crippen molar-refractivity contribution in [2.45, 2.75) is 26.8 Å². The van der Waals surface area contributed by atoms with E-state index in [-0.39, 0.29) is 0 Å². The first-order valence-corrected chi connectivity index (χ1v) is 8.87. The van der Waals surface area contributed by atoms with Gasteiger partial charge >= 0.3 is 0 Å². The summed E-state index contributed by atoms with van der Waals surface area (Å²) in [6.07, 6.45) is 0.980. The zero-order valence-corrected chi connectivity index (χ0v) is 15.1. The number of fused-ring (bicyclic) bond motifs is 1. The van der Waals surface area contributed by atoms with Crippen LogP contribution < -0.4 is 10.6 Å². The lowest BCUT2D eigenvalue weighted by atomic mass is 10.2. The van der Waals surface area contributed by atoms with E-state index in [2.05, 4.69) is 33.5 Å². The first kappa shape index (κ1) is 17.0. The number of nitrogen functional groups attached to an aromatic ring is 1. The Morgan fingerprint density at radius 3 is 2.67 bits per heavy atom. The highest BCUT2D eigenvalue weighted by Gasteiger charge is 2.21. The summed E-state index contributed by atoms with van der Waals surface area (Å²) in [4.78, 5) is 9.69. The molecule has 0 atom stereocenters. The first-order valence-electron chi connectivity index (χ1n) is 8.87. The Morgan fingerprint density at radius 2 is 1.96 bits per heavy atom. The van der Waals surface area contributed by atoms with Gasteiger partial charge in [-0.3, -0.25) is 0 Å². The third kappa shape index (κ3) is 3.49. The van der Waals surface area contributed by atoms with Crippen molar-refractivity contribution in [3.63, 3.8) is 0 Å². The van der Waals surface area contributed by atoms with Crippen LogP contribution in [0.5, 0.6) is 0 Å². The summed E-state index contributed by atoms with van der Waals surface area (Å²) in [6, 6.07) is 4.17. The van der Waals surface area contributed by atoms with Gasteiger partial charge in [-0.2, -0.15) is 0 Å². The summed E-state index contributed by atoms with van der Waals surface area (Å²) in [5.74, 6) is 1.07. The molecule has 0 unspecified atom stereocenters. The van der Waals surface area contributed by atoms with Crippen LogP contribution in [0.25, 0.3) is 11.0 Å². The number of nitrogens with zero attached hydrogens (tertiary/aromatic N) is 4. The molecule has 2 aromatic rings. The number of nitrogens with two attached hydrogens (primary N) is 1. The van der Waals surface area contributed by atoms with Crippen molar-refractivity contribution < 1.29 is 4.74 Å². The molecule has 1 aliphatic heterocycles. The fourth-order valence-electron chi connectivity index (χ4n) is 3.22. The summed E-state index contributed by atoms with van der Waals surface area (Å²) >= 11 is 0. The van der Waals surface area contributed by atoms with E-state index < -0.39 is 0 Å². The first-order chi connectivity index (χ1) is 11.6. The number of hydrogen-bond acceptors (Lipinski definition) is 5. The molecular weight excluding hydrogens is 302 g/mol. The van der Waals surface area contributed by atoms with Crippen LogP contribution in [0.1, 0.15) is 18.9 Å². The summed E-state index contributed by atoms with van der Waals surface area (Å²) in [7, 11) is 2.17. The normalized spacial score (nSPS) is 16.2. The number of benzene rings is 1. The molecule has 3 rings (SSSR count). The van der Waals surface area contributed by atoms with Gasteiger partial charge in [-0.05, 0) is 45.0 Å². The lowest BCUT2D eigenvalue weighted by molar-refractivity contribution is 0.142. The fraction of sp³-hybridized carbons (Fsp3) is 0.611. The minimum absolute atomic E-state index is 0.766. The van der Waals surface area contributed by atoms with Crippen molar-refractivity contribution in [3.8, 4) is 0 Å². The number of hydrogen-bond donors (Lipinski definition) is 1. The predicted octanol–water partition coefficient (Wildman–Crippen LogP) is 2.11. The molecule has 1 aliphatic rings. The predicted molar refractivity (Wildman–Crippen MR) is 99.7 cm³/mol. The highest BCUT2D eigenvalue weighted by Crippen LogP contribution is 2.27. The zero-order chi connectivity index (χ0) is 17.1. The number of likely N-dealkylation sites (N-methyl/N-ethyl adjacent to an activating group) is 1. The van der Waals surface area contributed by atoms with Gasteiger partial charge in [0.1, 0.15) is 0 Å². The van der Waals surface area contributed by atoms with Crippen LogP contribution in [0.15, 0.2) is 12.1 Å². The highest BCUT2D eigenvalue weighted by molar-refractivity contribution is 5.83. The van der Waals surface area contributed by atoms with E-state index in [1.807, 2.05) is 13.8 Å². The molecule has 6 heteroatoms. The van der Waals surface area contributed by atoms with E-state index in [9.17, 15) is 0 Å². The van der Waals surface area contributed by atoms with E-state index in [0.29, 0.717) is 0 Å². The zero-order valence-electron chi connectivity index (χ0n) is 15.1. The lowest BCUT2D eigenvalue weighted by Crippen LogP contribution is -2.45. The van der Waals surface area contributed by atoms with Crippen LogP contribution in [0.3, 0.4) is 0 Å². The third-order valence-electron chi connectivity index (χ3n) is 4.78. The van der Waals surface area contributed by atoms with Crippen molar-refractivity contribution in [2.75, 3.05) is 57.1 Å². The van der Waals surface area contributed by atoms with E-state index in [0.717, 1.165) is 80.6 Å². The van der Waals surface area contributed by atoms with Gasteiger partial charge < -0.3 is 24.8 Å². The van der Waals surface area contributed by atoms with E-state index in [1.54, 1.807) is 0 Å². The van der Waals surface area contributed by atoms with Gasteiger partial charge in [0.2, 0.25) is 5.95 Å². The Kier molecular flexibility index (Phi) is 5.26. The molecule has 0 spiro atoms. The molecule has 0 amide bonds. The molecule has 2 heterocycles. The summed E-state index contributed by atoms with van der Waals surface area (Å²) in [5.41, 5.74) is 10.2. The quantitative estimate of drug-likeness (QED) is 0.649. The molecule has 0 saturated carbocycles. The number of anilines is 2. The number of imidazole rings is 1. The number of aryl methyl sites for hydroxylation is 2. The largest absolute Gasteiger partial charge is 0.398 e. The minimum atomic E-state index is 0.766. The summed E-state index contributed by atoms with van der Waals surface area (Å²) < 4.78 is 7.82. The smallest absolute Gasteiger partial charge is 0.206 e. The van der Waals surface area contributed by atoms with E-state index >= 15 is 0 Å². The number of aromatic nitrogens is 2. The van der Waals surface area contributed by atoms with Crippen LogP contribution >= 0.6 is 0 Å². The molecule has 2 N–H and O–H groups in total. The van der Waals surface area contributed by atoms with Crippen LogP contribution in [0.4, 0.5) is 11.6 Å². The minimum Gasteiger partial charge on any atom is -0.398 e. The summed E-state index contributed by atoms with van der Waals surface area (Å²) in [6.45, 7) is 10.7. The molecule has 1 fully saturated rings. The fourth-order valence-corrected chi connectivity index (χ4v) is 3.22. The molecule has 0 bridgehead atoms. The molecule has 132 valence electrons. The maximum atomic E-state index is 6.15. The molecule has 6 nitrogen and oxygen atoms in total. The third-order valence-corrected chi connectivity index (χ3v) is 4.78. The topological polar surface area (TPSA) is 59.5 Å². The van der Waals surface area contributed by atoms with Crippen molar-refractivity contribution in [1.82, 2.24) is 14.5 Å². The van der Waals surface area contributed by atoms with Gasteiger partial charge in [-0.1, -0.05) is 0 Å². The number of ether oxygens (including phenoxy) is 1. The average Bonchev–Trinajstić information content (AvgIpc) is 2.90. The monoisotopic (exact) mass is 331 g/mol. The Balaban J connectivity index is 1.93. The molecule has 0 radical (unpaired) electrons. The van der Waals surface area contributed by atoms with Crippen molar-refractivity contribution >= 4 is 22.7 Å². The molecular formula is C18H29N5O. The van der Waals surface area contributed by atoms with Gasteiger partial charge in [0.15, 0.2) is 0 Å². The van der Waals surface area contributed by atoms with Crippen LogP contribution in [-0.2, 0) is 11.3 Å². The van der Waals surface area contributed by atoms with Crippen molar-refractivity contribution in [2.24, 2.45) is 0 Å². The van der Waals surface area contributed by atoms with Crippen molar-refractivity contribution in [3.05, 3.63) is 17.7 Å². The van der Waals surface area contributed by atoms with Crippen LogP contribution in [-0.4, -0.2) is 60.9 Å². The van der Waals surface area contributed by atoms with Crippen LogP contribution in [0.2, 0.25) is 0 Å². The average molecular weight is 331 g/mol. The van der Waals surface area contributed by atoms with Gasteiger partial charge in [0.05, 0.1) is 11.0 Å². The Bertz CT molecular complexity index is 688. The highest BCUT2D eigenvalue weighted by atomic mass is 16.5. The van der Waals surface area contributed by atoms with Crippen molar-refractivity contribution in [1.29, 1.82) is 0 Å². The molecule has 1 saturated heterocycles. The Labute approximate surface area is 144 Å². The standard InChI is InChI=1S/C18H29N5O/c1-4-24-11-5-6-23-17-13-15(19)14(2)12-16(17)20-18(23)22-9-7-21(3)8-10-22/h12-13H,4-11,19H2,1-3H3. The molecule has 24 heavy (non-hydrogen) atoms. The lowest BCUT2D eigenvalue weighted by Gasteiger charge is -2.33. The van der Waals surface area contributed by atoms with Gasteiger partial charge in [-0.15, -0.1) is 0 Å². The van der Waals surface area contributed by atoms with Gasteiger partial charge in [0.25, 0.3) is 0 Å². The number of piperazine rings is 1. The second-order valence-electron chi connectivity index (χ2n) is 6.60. The van der Waals surface area contributed by atoms with Gasteiger partial charge in [0, 0.05) is 51.6 Å². The second-order valence-corrected chi connectivity index (χ2v) is 6.60. The number of rotatable bonds is 6. The Hall–Kier alpha value is -1.79. The van der Waals surface area contributed by atoms with Gasteiger partial charge in [-0.25, -0.2) is 4.98 Å². The van der Waals surface area contributed by atoms with Crippen LogP contribution in [0, 0.1) is 6.92 Å². The van der Waals surface area contributed by atoms with E-state index in [1.165, 1.54) is 0 Å². The SMILES string of the molecule is CCOCCCn1c(N2CCN(C)CC2)nc2cc(C)c(N)cc21. The molecule has 1 aromatic heterocycles. The maximum absolute atomic E-state index is 6.15. The molecule has 0 aliphatic carbocycles.